The summed E-state index contributed by atoms with van der Waals surface area (Å²) in [6, 6.07) is 13.8. The van der Waals surface area contributed by atoms with Gasteiger partial charge in [0.05, 0.1) is 12.2 Å². The highest BCUT2D eigenvalue weighted by atomic mass is 32.1. The van der Waals surface area contributed by atoms with Crippen molar-refractivity contribution in [3.05, 3.63) is 52.2 Å². The van der Waals surface area contributed by atoms with Crippen molar-refractivity contribution in [3.8, 4) is 11.8 Å². The van der Waals surface area contributed by atoms with Crippen molar-refractivity contribution in [1.82, 2.24) is 5.32 Å². The van der Waals surface area contributed by atoms with Crippen LogP contribution < -0.4 is 10.1 Å². The summed E-state index contributed by atoms with van der Waals surface area (Å²) >= 11 is 1.69. The normalized spacial score (nSPS) is 12.1. The van der Waals surface area contributed by atoms with Crippen molar-refractivity contribution >= 4 is 11.3 Å². The summed E-state index contributed by atoms with van der Waals surface area (Å²) in [5.74, 6) is 0.832. The summed E-state index contributed by atoms with van der Waals surface area (Å²) in [6.07, 6.45) is 0.157. The molecule has 0 aliphatic heterocycles. The molecule has 3 nitrogen and oxygen atoms in total. The predicted molar refractivity (Wildman–Crippen MR) is 81.7 cm³/mol. The highest BCUT2D eigenvalue weighted by molar-refractivity contribution is 7.09. The minimum absolute atomic E-state index is 0.157. The maximum absolute atomic E-state index is 9.28. The molecule has 0 aliphatic rings. The molecule has 4 heteroatoms. The number of rotatable bonds is 6. The molecule has 1 aromatic heterocycles. The van der Waals surface area contributed by atoms with Crippen LogP contribution in [0.3, 0.4) is 0 Å². The van der Waals surface area contributed by atoms with Gasteiger partial charge in [-0.3, -0.25) is 5.32 Å². The fourth-order valence-electron chi connectivity index (χ4n) is 1.86. The van der Waals surface area contributed by atoms with Crippen molar-refractivity contribution in [2.24, 2.45) is 0 Å². The van der Waals surface area contributed by atoms with Gasteiger partial charge in [-0.15, -0.1) is 11.3 Å². The van der Waals surface area contributed by atoms with Gasteiger partial charge < -0.3 is 4.74 Å². The number of nitrogens with zero attached hydrogens (tertiary/aromatic N) is 1. The lowest BCUT2D eigenvalue weighted by Crippen LogP contribution is -2.18. The largest absolute Gasteiger partial charge is 0.491 e. The van der Waals surface area contributed by atoms with Gasteiger partial charge in [0.2, 0.25) is 0 Å². The van der Waals surface area contributed by atoms with Crippen LogP contribution in [-0.2, 0) is 6.54 Å². The minimum atomic E-state index is -0.301. The smallest absolute Gasteiger partial charge is 0.121 e. The third kappa shape index (κ3) is 4.09. The van der Waals surface area contributed by atoms with E-state index in [1.807, 2.05) is 49.6 Å². The molecule has 0 spiro atoms. The topological polar surface area (TPSA) is 45.0 Å². The third-order valence-corrected chi connectivity index (χ3v) is 3.65. The third-order valence-electron chi connectivity index (χ3n) is 2.77. The SMILES string of the molecule is CC(C)Oc1ccc(C(C#N)NCc2cccs2)cc1. The molecule has 0 amide bonds. The van der Waals surface area contributed by atoms with E-state index in [1.165, 1.54) is 4.88 Å². The molecule has 1 unspecified atom stereocenters. The van der Waals surface area contributed by atoms with E-state index in [1.54, 1.807) is 11.3 Å². The first kappa shape index (κ1) is 14.6. The van der Waals surface area contributed by atoms with Crippen LogP contribution in [0, 0.1) is 11.3 Å². The molecule has 0 bridgehead atoms. The van der Waals surface area contributed by atoms with E-state index in [9.17, 15) is 5.26 Å². The van der Waals surface area contributed by atoms with Crippen LogP contribution in [0.15, 0.2) is 41.8 Å². The fourth-order valence-corrected chi connectivity index (χ4v) is 2.52. The van der Waals surface area contributed by atoms with Crippen LogP contribution in [-0.4, -0.2) is 6.10 Å². The average Bonchev–Trinajstić information content (AvgIpc) is 2.94. The maximum Gasteiger partial charge on any atom is 0.121 e. The highest BCUT2D eigenvalue weighted by Crippen LogP contribution is 2.19. The Morgan fingerprint density at radius 3 is 2.55 bits per heavy atom. The zero-order valence-electron chi connectivity index (χ0n) is 11.7. The Kier molecular flexibility index (Phi) is 5.16. The molecule has 1 atom stereocenters. The molecular formula is C16H18N2OS. The molecule has 0 saturated carbocycles. The standard InChI is InChI=1S/C16H18N2OS/c1-12(2)19-14-7-5-13(6-8-14)16(10-17)18-11-15-4-3-9-20-15/h3-9,12,16,18H,11H2,1-2H3. The summed E-state index contributed by atoms with van der Waals surface area (Å²) in [5, 5.41) is 14.6. The van der Waals surface area contributed by atoms with Gasteiger partial charge in [0.25, 0.3) is 0 Å². The van der Waals surface area contributed by atoms with Gasteiger partial charge >= 0.3 is 0 Å². The van der Waals surface area contributed by atoms with Crippen molar-refractivity contribution < 1.29 is 4.74 Å². The Bertz CT molecular complexity index is 555. The Hall–Kier alpha value is -1.83. The molecule has 1 N–H and O–H groups in total. The lowest BCUT2D eigenvalue weighted by molar-refractivity contribution is 0.242. The van der Waals surface area contributed by atoms with E-state index in [-0.39, 0.29) is 12.1 Å². The van der Waals surface area contributed by atoms with Gasteiger partial charge in [0, 0.05) is 11.4 Å². The number of nitriles is 1. The van der Waals surface area contributed by atoms with E-state index in [2.05, 4.69) is 17.5 Å². The first-order chi connectivity index (χ1) is 9.69. The molecule has 20 heavy (non-hydrogen) atoms. The van der Waals surface area contributed by atoms with Crippen molar-refractivity contribution in [2.75, 3.05) is 0 Å². The van der Waals surface area contributed by atoms with Crippen molar-refractivity contribution in [1.29, 1.82) is 5.26 Å². The average molecular weight is 286 g/mol. The molecule has 0 aliphatic carbocycles. The summed E-state index contributed by atoms with van der Waals surface area (Å²) < 4.78 is 5.60. The number of hydrogen-bond donors (Lipinski definition) is 1. The Balaban J connectivity index is 1.98. The molecule has 1 aromatic carbocycles. The summed E-state index contributed by atoms with van der Waals surface area (Å²) in [4.78, 5) is 1.23. The second-order valence-electron chi connectivity index (χ2n) is 4.76. The zero-order chi connectivity index (χ0) is 14.4. The molecule has 2 rings (SSSR count). The van der Waals surface area contributed by atoms with Crippen molar-refractivity contribution in [2.45, 2.75) is 32.5 Å². The quantitative estimate of drug-likeness (QED) is 0.876. The predicted octanol–water partition coefficient (Wildman–Crippen LogP) is 3.89. The lowest BCUT2D eigenvalue weighted by Gasteiger charge is -2.13. The second-order valence-corrected chi connectivity index (χ2v) is 5.79. The van der Waals surface area contributed by atoms with E-state index < -0.39 is 0 Å². The minimum Gasteiger partial charge on any atom is -0.491 e. The molecule has 0 radical (unpaired) electrons. The molecule has 0 fully saturated rings. The summed E-state index contributed by atoms with van der Waals surface area (Å²) in [6.45, 7) is 4.70. The lowest BCUT2D eigenvalue weighted by atomic mass is 10.1. The van der Waals surface area contributed by atoms with Gasteiger partial charge in [-0.05, 0) is 43.0 Å². The van der Waals surface area contributed by atoms with Crippen LogP contribution in [0.2, 0.25) is 0 Å². The molecule has 104 valence electrons. The van der Waals surface area contributed by atoms with Gasteiger partial charge in [-0.25, -0.2) is 0 Å². The molecule has 1 heterocycles. The van der Waals surface area contributed by atoms with Crippen LogP contribution >= 0.6 is 11.3 Å². The van der Waals surface area contributed by atoms with E-state index in [0.717, 1.165) is 11.3 Å². The van der Waals surface area contributed by atoms with E-state index in [4.69, 9.17) is 4.74 Å². The van der Waals surface area contributed by atoms with Crippen molar-refractivity contribution in [3.63, 3.8) is 0 Å². The second kappa shape index (κ2) is 7.09. The Morgan fingerprint density at radius 2 is 2.00 bits per heavy atom. The van der Waals surface area contributed by atoms with Crippen LogP contribution in [0.5, 0.6) is 5.75 Å². The summed E-state index contributed by atoms with van der Waals surface area (Å²) in [7, 11) is 0. The van der Waals surface area contributed by atoms with Gasteiger partial charge in [-0.1, -0.05) is 18.2 Å². The Labute approximate surface area is 123 Å². The maximum atomic E-state index is 9.28. The molecule has 2 aromatic rings. The fraction of sp³-hybridized carbons (Fsp3) is 0.312. The number of nitrogens with one attached hydrogen (secondary N) is 1. The van der Waals surface area contributed by atoms with E-state index >= 15 is 0 Å². The number of thiophene rings is 1. The van der Waals surface area contributed by atoms with Crippen LogP contribution in [0.1, 0.15) is 30.3 Å². The first-order valence-corrected chi connectivity index (χ1v) is 7.49. The first-order valence-electron chi connectivity index (χ1n) is 6.61. The van der Waals surface area contributed by atoms with Gasteiger partial charge in [-0.2, -0.15) is 5.26 Å². The Morgan fingerprint density at radius 1 is 1.25 bits per heavy atom. The van der Waals surface area contributed by atoms with Crippen LogP contribution in [0.4, 0.5) is 0 Å². The molecular weight excluding hydrogens is 268 g/mol. The van der Waals surface area contributed by atoms with Crippen LogP contribution in [0.25, 0.3) is 0 Å². The van der Waals surface area contributed by atoms with Gasteiger partial charge in [0.1, 0.15) is 11.8 Å². The van der Waals surface area contributed by atoms with E-state index in [0.29, 0.717) is 6.54 Å². The number of ether oxygens (including phenoxy) is 1. The number of benzene rings is 1. The van der Waals surface area contributed by atoms with Gasteiger partial charge in [0.15, 0.2) is 0 Å². The highest BCUT2D eigenvalue weighted by Gasteiger charge is 2.10. The number of hydrogen-bond acceptors (Lipinski definition) is 4. The summed E-state index contributed by atoms with van der Waals surface area (Å²) in [5.41, 5.74) is 0.958. The zero-order valence-corrected chi connectivity index (χ0v) is 12.5. The molecule has 0 saturated heterocycles. The monoisotopic (exact) mass is 286 g/mol.